The molecule has 3 rings (SSSR count). The summed E-state index contributed by atoms with van der Waals surface area (Å²) in [6.07, 6.45) is -1.73. The predicted molar refractivity (Wildman–Crippen MR) is 122 cm³/mol. The second-order valence-electron chi connectivity index (χ2n) is 9.40. The Kier molecular flexibility index (Phi) is 7.41. The van der Waals surface area contributed by atoms with Gasteiger partial charge in [0.1, 0.15) is 17.9 Å². The molecule has 5 atom stereocenters. The Morgan fingerprint density at radius 2 is 2.03 bits per heavy atom. The molecule has 0 aromatic carbocycles. The Morgan fingerprint density at radius 3 is 2.65 bits per heavy atom. The lowest BCUT2D eigenvalue weighted by atomic mass is 9.86. The number of halogens is 1. The molecule has 3 heterocycles. The maximum Gasteiger partial charge on any atom is 0.313 e. The van der Waals surface area contributed by atoms with Crippen LogP contribution in [-0.4, -0.2) is 72.5 Å². The van der Waals surface area contributed by atoms with E-state index < -0.39 is 47.3 Å². The minimum absolute atomic E-state index is 0.00617. The second-order valence-corrected chi connectivity index (χ2v) is 9.40. The standard InChI is InChI=1S/C22H32FN5O6/c1-7-13(29)34-17-12(9-31-10-32-19(30)21(2,3)4)33-16(22(17,5)23)11-8-26-15-14(11)27-20(24)28-18(15)25-6/h8,11-12,16-17H,7,9-10H2,1-6H3,(H3,24,25,27,28)/t11?,12-,16+,17-,22+/m1/s1. The number of carbonyl (C=O) groups is 2. The number of aromatic nitrogens is 2. The SMILES string of the molecule is CCC(=O)O[C@@H]1[C@@H](COCOC(=O)C(C)(C)C)O[C@@H](C2C=Nc3c(NC)nc(N)nc32)[C@]1(C)F. The van der Waals surface area contributed by atoms with Crippen molar-refractivity contribution in [3.05, 3.63) is 5.69 Å². The maximum atomic E-state index is 16.2. The van der Waals surface area contributed by atoms with Crippen LogP contribution in [0.25, 0.3) is 0 Å². The summed E-state index contributed by atoms with van der Waals surface area (Å²) >= 11 is 0. The molecule has 1 unspecified atom stereocenters. The number of ether oxygens (including phenoxy) is 4. The number of fused-ring (bicyclic) bond motifs is 1. The average molecular weight is 482 g/mol. The number of nitrogens with two attached hydrogens (primary N) is 1. The number of alkyl halides is 1. The van der Waals surface area contributed by atoms with Gasteiger partial charge in [0.15, 0.2) is 24.4 Å². The van der Waals surface area contributed by atoms with Crippen LogP contribution in [-0.2, 0) is 28.5 Å². The molecule has 1 aromatic heterocycles. The molecular formula is C22H32FN5O6. The van der Waals surface area contributed by atoms with Crippen LogP contribution in [0.5, 0.6) is 0 Å². The summed E-state index contributed by atoms with van der Waals surface area (Å²) in [6.45, 7) is 7.55. The van der Waals surface area contributed by atoms with Gasteiger partial charge in [0, 0.05) is 19.7 Å². The molecule has 1 saturated heterocycles. The molecule has 2 aliphatic rings. The summed E-state index contributed by atoms with van der Waals surface area (Å²) in [5.74, 6) is -1.31. The van der Waals surface area contributed by atoms with Gasteiger partial charge >= 0.3 is 11.9 Å². The molecule has 0 amide bonds. The zero-order valence-electron chi connectivity index (χ0n) is 20.3. The molecular weight excluding hydrogens is 449 g/mol. The van der Waals surface area contributed by atoms with Crippen molar-refractivity contribution in [2.24, 2.45) is 10.4 Å². The number of hydrogen-bond donors (Lipinski definition) is 2. The van der Waals surface area contributed by atoms with E-state index in [4.69, 9.17) is 24.7 Å². The van der Waals surface area contributed by atoms with Gasteiger partial charge in [-0.2, -0.15) is 4.98 Å². The number of rotatable bonds is 8. The van der Waals surface area contributed by atoms with Gasteiger partial charge in [-0.25, -0.2) is 9.37 Å². The van der Waals surface area contributed by atoms with Crippen molar-refractivity contribution in [1.82, 2.24) is 9.97 Å². The lowest BCUT2D eigenvalue weighted by Crippen LogP contribution is -2.47. The van der Waals surface area contributed by atoms with Crippen molar-refractivity contribution in [1.29, 1.82) is 0 Å². The van der Waals surface area contributed by atoms with E-state index in [-0.39, 0.29) is 25.8 Å². The van der Waals surface area contributed by atoms with Crippen LogP contribution >= 0.6 is 0 Å². The third-order valence-corrected chi connectivity index (χ3v) is 5.66. The number of hydrogen-bond acceptors (Lipinski definition) is 11. The first kappa shape index (κ1) is 25.8. The van der Waals surface area contributed by atoms with Gasteiger partial charge in [-0.1, -0.05) is 6.92 Å². The average Bonchev–Trinajstić information content (AvgIpc) is 3.28. The van der Waals surface area contributed by atoms with Crippen LogP contribution in [0.2, 0.25) is 0 Å². The Hall–Kier alpha value is -2.86. The van der Waals surface area contributed by atoms with E-state index in [0.29, 0.717) is 17.2 Å². The van der Waals surface area contributed by atoms with Gasteiger partial charge in [0.2, 0.25) is 5.95 Å². The lowest BCUT2D eigenvalue weighted by Gasteiger charge is -2.29. The monoisotopic (exact) mass is 481 g/mol. The minimum atomic E-state index is -2.11. The smallest absolute Gasteiger partial charge is 0.313 e. The molecule has 1 fully saturated rings. The number of carbonyl (C=O) groups excluding carboxylic acids is 2. The fourth-order valence-electron chi connectivity index (χ4n) is 3.84. The first-order valence-electron chi connectivity index (χ1n) is 11.1. The fraction of sp³-hybridized carbons (Fsp3) is 0.682. The molecule has 188 valence electrons. The largest absolute Gasteiger partial charge is 0.456 e. The number of nitrogen functional groups attached to an aromatic ring is 1. The number of anilines is 2. The quantitative estimate of drug-likeness (QED) is 0.322. The van der Waals surface area contributed by atoms with E-state index in [1.165, 1.54) is 13.1 Å². The first-order valence-corrected chi connectivity index (χ1v) is 11.1. The third-order valence-electron chi connectivity index (χ3n) is 5.66. The van der Waals surface area contributed by atoms with Crippen molar-refractivity contribution in [2.75, 3.05) is 31.5 Å². The molecule has 0 saturated carbocycles. The van der Waals surface area contributed by atoms with Gasteiger partial charge in [0.25, 0.3) is 0 Å². The van der Waals surface area contributed by atoms with Crippen molar-refractivity contribution < 1.29 is 32.9 Å². The van der Waals surface area contributed by atoms with Crippen LogP contribution in [0.3, 0.4) is 0 Å². The highest BCUT2D eigenvalue weighted by Crippen LogP contribution is 2.47. The second kappa shape index (κ2) is 9.79. The summed E-state index contributed by atoms with van der Waals surface area (Å²) in [5.41, 5.74) is 3.87. The van der Waals surface area contributed by atoms with Crippen LogP contribution in [0, 0.1) is 5.41 Å². The Bertz CT molecular complexity index is 964. The first-order chi connectivity index (χ1) is 15.9. The van der Waals surface area contributed by atoms with Gasteiger partial charge in [0.05, 0.1) is 23.6 Å². The molecule has 0 radical (unpaired) electrons. The molecule has 1 aromatic rings. The summed E-state index contributed by atoms with van der Waals surface area (Å²) < 4.78 is 38.2. The molecule has 12 heteroatoms. The molecule has 2 aliphatic heterocycles. The third kappa shape index (κ3) is 5.12. The van der Waals surface area contributed by atoms with E-state index >= 15 is 4.39 Å². The number of aliphatic imine (C=N–C) groups is 1. The highest BCUT2D eigenvalue weighted by atomic mass is 19.1. The number of nitrogens with one attached hydrogen (secondary N) is 1. The van der Waals surface area contributed by atoms with Gasteiger partial charge in [-0.05, 0) is 27.7 Å². The Labute approximate surface area is 197 Å². The van der Waals surface area contributed by atoms with Gasteiger partial charge in [-0.15, -0.1) is 0 Å². The van der Waals surface area contributed by atoms with E-state index in [1.54, 1.807) is 34.7 Å². The zero-order chi connectivity index (χ0) is 25.3. The molecule has 0 aliphatic carbocycles. The minimum Gasteiger partial charge on any atom is -0.456 e. The normalized spacial score (nSPS) is 28.0. The number of nitrogens with zero attached hydrogens (tertiary/aromatic N) is 3. The number of esters is 2. The lowest BCUT2D eigenvalue weighted by molar-refractivity contribution is -0.172. The van der Waals surface area contributed by atoms with Crippen LogP contribution < -0.4 is 11.1 Å². The summed E-state index contributed by atoms with van der Waals surface area (Å²) in [6, 6.07) is 0. The molecule has 34 heavy (non-hydrogen) atoms. The van der Waals surface area contributed by atoms with Crippen molar-refractivity contribution in [2.45, 2.75) is 70.9 Å². The highest BCUT2D eigenvalue weighted by molar-refractivity contribution is 5.85. The van der Waals surface area contributed by atoms with Gasteiger partial charge < -0.3 is 30.0 Å². The van der Waals surface area contributed by atoms with E-state index in [2.05, 4.69) is 20.3 Å². The van der Waals surface area contributed by atoms with Crippen LogP contribution in [0.4, 0.5) is 21.8 Å². The van der Waals surface area contributed by atoms with Crippen LogP contribution in [0.1, 0.15) is 52.7 Å². The van der Waals surface area contributed by atoms with Crippen molar-refractivity contribution >= 4 is 35.6 Å². The molecule has 3 N–H and O–H groups in total. The Balaban J connectivity index is 1.80. The van der Waals surface area contributed by atoms with E-state index in [0.717, 1.165) is 0 Å². The summed E-state index contributed by atoms with van der Waals surface area (Å²) in [4.78, 5) is 36.7. The van der Waals surface area contributed by atoms with Crippen molar-refractivity contribution in [3.63, 3.8) is 0 Å². The fourth-order valence-corrected chi connectivity index (χ4v) is 3.84. The summed E-state index contributed by atoms with van der Waals surface area (Å²) in [7, 11) is 1.66. The van der Waals surface area contributed by atoms with E-state index in [9.17, 15) is 9.59 Å². The summed E-state index contributed by atoms with van der Waals surface area (Å²) in [5, 5.41) is 2.90. The molecule has 0 bridgehead atoms. The highest BCUT2D eigenvalue weighted by Gasteiger charge is 2.60. The molecule has 0 spiro atoms. The zero-order valence-corrected chi connectivity index (χ0v) is 20.3. The van der Waals surface area contributed by atoms with Gasteiger partial charge in [-0.3, -0.25) is 14.6 Å². The topological polar surface area (TPSA) is 147 Å². The van der Waals surface area contributed by atoms with Crippen molar-refractivity contribution in [3.8, 4) is 0 Å². The molecule has 11 nitrogen and oxygen atoms in total. The predicted octanol–water partition coefficient (Wildman–Crippen LogP) is 2.28. The van der Waals surface area contributed by atoms with Crippen LogP contribution in [0.15, 0.2) is 4.99 Å². The van der Waals surface area contributed by atoms with E-state index in [1.807, 2.05) is 0 Å². The maximum absolute atomic E-state index is 16.2. The Morgan fingerprint density at radius 1 is 1.32 bits per heavy atom.